The van der Waals surface area contributed by atoms with Crippen molar-refractivity contribution < 1.29 is 28.2 Å². The summed E-state index contributed by atoms with van der Waals surface area (Å²) in [6.45, 7) is 4.74. The van der Waals surface area contributed by atoms with Crippen LogP contribution in [0.25, 0.3) is 0 Å². The van der Waals surface area contributed by atoms with Gasteiger partial charge in [-0.15, -0.1) is 5.10 Å². The molecule has 1 aromatic carbocycles. The van der Waals surface area contributed by atoms with E-state index in [9.17, 15) is 18.3 Å². The number of aromatic amines is 1. The third kappa shape index (κ3) is 7.71. The molecule has 2 aliphatic rings. The largest absolute Gasteiger partial charge is 0.490 e. The van der Waals surface area contributed by atoms with E-state index in [0.29, 0.717) is 24.0 Å². The minimum Gasteiger partial charge on any atom is -0.475 e. The van der Waals surface area contributed by atoms with E-state index >= 15 is 0 Å². The summed E-state index contributed by atoms with van der Waals surface area (Å²) in [5.74, 6) is -1.71. The second-order valence-electron chi connectivity index (χ2n) is 9.22. The number of carboxylic acid groups (broad SMARTS) is 1. The number of alkyl halides is 3. The Bertz CT molecular complexity index is 978. The summed E-state index contributed by atoms with van der Waals surface area (Å²) in [6.07, 6.45) is -0.401. The van der Waals surface area contributed by atoms with Gasteiger partial charge in [0.2, 0.25) is 11.9 Å². The highest BCUT2D eigenvalue weighted by molar-refractivity contribution is 6.30. The van der Waals surface area contributed by atoms with Crippen LogP contribution in [-0.2, 0) is 11.2 Å². The van der Waals surface area contributed by atoms with Crippen molar-refractivity contribution in [3.8, 4) is 0 Å². The number of nitrogens with zero attached hydrogens (tertiary/aromatic N) is 4. The first-order valence-corrected chi connectivity index (χ1v) is 11.7. The SMILES string of the molecule is CC1(O)CCN(C2CCN(c3n[nH]c(N)n3)CC2)[C@@H](Cc2ccc(Cl)cc2)C1.O=C(O)C(F)(F)F. The van der Waals surface area contributed by atoms with Crippen LogP contribution in [-0.4, -0.2) is 79.8 Å². The molecule has 0 spiro atoms. The van der Waals surface area contributed by atoms with Crippen molar-refractivity contribution in [3.05, 3.63) is 34.9 Å². The second-order valence-corrected chi connectivity index (χ2v) is 9.65. The molecule has 9 nitrogen and oxygen atoms in total. The van der Waals surface area contributed by atoms with Crippen molar-refractivity contribution in [3.63, 3.8) is 0 Å². The number of H-pyrrole nitrogens is 1. The first-order chi connectivity index (χ1) is 16.3. The van der Waals surface area contributed by atoms with Gasteiger partial charge in [-0.05, 0) is 56.7 Å². The summed E-state index contributed by atoms with van der Waals surface area (Å²) in [4.78, 5) is 18.0. The smallest absolute Gasteiger partial charge is 0.475 e. The number of anilines is 2. The molecule has 194 valence electrons. The maximum atomic E-state index is 10.7. The van der Waals surface area contributed by atoms with E-state index in [1.807, 2.05) is 19.1 Å². The molecular formula is C22H30ClF3N6O3. The van der Waals surface area contributed by atoms with Gasteiger partial charge in [0, 0.05) is 36.7 Å². The number of aliphatic carboxylic acids is 1. The molecule has 2 aliphatic heterocycles. The Morgan fingerprint density at radius 2 is 1.86 bits per heavy atom. The number of hydrogen-bond acceptors (Lipinski definition) is 7. The zero-order valence-corrected chi connectivity index (χ0v) is 20.1. The fourth-order valence-corrected chi connectivity index (χ4v) is 4.77. The maximum Gasteiger partial charge on any atom is 0.490 e. The summed E-state index contributed by atoms with van der Waals surface area (Å²) in [7, 11) is 0. The molecule has 2 aromatic rings. The zero-order chi connectivity index (χ0) is 25.8. The number of benzene rings is 1. The number of carboxylic acids is 1. The molecule has 5 N–H and O–H groups in total. The number of nitrogens with two attached hydrogens (primary N) is 1. The predicted octanol–water partition coefficient (Wildman–Crippen LogP) is 3.10. The second kappa shape index (κ2) is 11.0. The summed E-state index contributed by atoms with van der Waals surface area (Å²) in [6, 6.07) is 8.94. The van der Waals surface area contributed by atoms with E-state index < -0.39 is 17.7 Å². The van der Waals surface area contributed by atoms with Gasteiger partial charge in [-0.3, -0.25) is 4.90 Å². The third-order valence-electron chi connectivity index (χ3n) is 6.39. The number of nitrogen functional groups attached to an aromatic ring is 1. The molecule has 0 bridgehead atoms. The van der Waals surface area contributed by atoms with Crippen LogP contribution in [0.5, 0.6) is 0 Å². The number of rotatable bonds is 4. The fraction of sp³-hybridized carbons (Fsp3) is 0.591. The van der Waals surface area contributed by atoms with Gasteiger partial charge < -0.3 is 20.8 Å². The van der Waals surface area contributed by atoms with Crippen LogP contribution in [0.3, 0.4) is 0 Å². The predicted molar refractivity (Wildman–Crippen MR) is 125 cm³/mol. The fourth-order valence-electron chi connectivity index (χ4n) is 4.65. The number of piperidine rings is 2. The average molecular weight is 519 g/mol. The normalized spacial score (nSPS) is 24.1. The minimum atomic E-state index is -5.08. The van der Waals surface area contributed by atoms with Crippen molar-refractivity contribution in [2.45, 2.75) is 62.9 Å². The first-order valence-electron chi connectivity index (χ1n) is 11.3. The lowest BCUT2D eigenvalue weighted by Gasteiger charge is -2.48. The topological polar surface area (TPSA) is 132 Å². The molecule has 0 amide bonds. The molecule has 13 heteroatoms. The van der Waals surface area contributed by atoms with Crippen LogP contribution in [0.1, 0.15) is 38.2 Å². The van der Waals surface area contributed by atoms with E-state index in [1.165, 1.54) is 5.56 Å². The number of nitrogens with one attached hydrogen (secondary N) is 1. The van der Waals surface area contributed by atoms with Gasteiger partial charge in [0.05, 0.1) is 5.60 Å². The molecule has 1 unspecified atom stereocenters. The van der Waals surface area contributed by atoms with Crippen LogP contribution in [0.2, 0.25) is 5.02 Å². The van der Waals surface area contributed by atoms with Crippen LogP contribution in [0.4, 0.5) is 25.1 Å². The van der Waals surface area contributed by atoms with Gasteiger partial charge in [0.15, 0.2) is 0 Å². The van der Waals surface area contributed by atoms with Gasteiger partial charge in [-0.25, -0.2) is 9.89 Å². The maximum absolute atomic E-state index is 10.7. The van der Waals surface area contributed by atoms with Crippen molar-refractivity contribution in [2.75, 3.05) is 30.3 Å². The number of halogens is 4. The molecule has 35 heavy (non-hydrogen) atoms. The molecule has 0 radical (unpaired) electrons. The Morgan fingerprint density at radius 3 is 2.37 bits per heavy atom. The Morgan fingerprint density at radius 1 is 1.26 bits per heavy atom. The summed E-state index contributed by atoms with van der Waals surface area (Å²) >= 11 is 6.04. The van der Waals surface area contributed by atoms with Crippen molar-refractivity contribution in [1.29, 1.82) is 0 Å². The quantitative estimate of drug-likeness (QED) is 0.485. The standard InChI is InChI=1S/C20H29ClN6O.C2HF3O2/c1-20(28)8-11-27(17(13-20)12-14-2-4-15(21)5-3-14)16-6-9-26(10-7-16)19-23-18(22)24-25-19;3-2(4,5)1(6)7/h2-5,16-17,28H,6-13H2,1H3,(H3,22,23,24,25);(H,6,7)/t17-,20?;/m0./s1. The molecule has 0 aliphatic carbocycles. The van der Waals surface area contributed by atoms with E-state index in [4.69, 9.17) is 27.2 Å². The summed E-state index contributed by atoms with van der Waals surface area (Å²) in [5, 5.41) is 25.5. The summed E-state index contributed by atoms with van der Waals surface area (Å²) in [5.41, 5.74) is 6.34. The molecule has 1 aromatic heterocycles. The molecule has 4 rings (SSSR count). The number of aliphatic hydroxyl groups is 1. The highest BCUT2D eigenvalue weighted by Gasteiger charge is 2.39. The van der Waals surface area contributed by atoms with Gasteiger partial charge >= 0.3 is 12.1 Å². The number of likely N-dealkylation sites (tertiary alicyclic amines) is 1. The molecule has 2 saturated heterocycles. The third-order valence-corrected chi connectivity index (χ3v) is 6.64. The van der Waals surface area contributed by atoms with Gasteiger partial charge in [0.25, 0.3) is 0 Å². The number of carbonyl (C=O) groups is 1. The molecule has 2 fully saturated rings. The Hall–Kier alpha value is -2.57. The van der Waals surface area contributed by atoms with Gasteiger partial charge in [-0.2, -0.15) is 18.2 Å². The van der Waals surface area contributed by atoms with Gasteiger partial charge in [0.1, 0.15) is 0 Å². The monoisotopic (exact) mass is 518 g/mol. The van der Waals surface area contributed by atoms with E-state index in [1.54, 1.807) is 0 Å². The zero-order valence-electron chi connectivity index (χ0n) is 19.3. The highest BCUT2D eigenvalue weighted by Crippen LogP contribution is 2.33. The van der Waals surface area contributed by atoms with Crippen LogP contribution < -0.4 is 10.6 Å². The minimum absolute atomic E-state index is 0.334. The molecular weight excluding hydrogens is 489 g/mol. The van der Waals surface area contributed by atoms with E-state index in [2.05, 4.69) is 37.1 Å². The van der Waals surface area contributed by atoms with Crippen molar-refractivity contribution in [1.82, 2.24) is 20.1 Å². The van der Waals surface area contributed by atoms with Gasteiger partial charge in [-0.1, -0.05) is 23.7 Å². The number of hydrogen-bond donors (Lipinski definition) is 4. The lowest BCUT2D eigenvalue weighted by atomic mass is 9.83. The van der Waals surface area contributed by atoms with E-state index in [-0.39, 0.29) is 0 Å². The van der Waals surface area contributed by atoms with Crippen molar-refractivity contribution in [2.24, 2.45) is 0 Å². The first kappa shape index (κ1) is 27.0. The van der Waals surface area contributed by atoms with Crippen LogP contribution >= 0.6 is 11.6 Å². The number of aromatic nitrogens is 3. The highest BCUT2D eigenvalue weighted by atomic mass is 35.5. The lowest BCUT2D eigenvalue weighted by Crippen LogP contribution is -2.56. The molecule has 3 heterocycles. The lowest BCUT2D eigenvalue weighted by molar-refractivity contribution is -0.192. The Balaban J connectivity index is 0.000000429. The average Bonchev–Trinajstić information content (AvgIpc) is 3.21. The molecule has 2 atom stereocenters. The Labute approximate surface area is 206 Å². The van der Waals surface area contributed by atoms with Crippen molar-refractivity contribution >= 4 is 29.5 Å². The van der Waals surface area contributed by atoms with Crippen LogP contribution in [0.15, 0.2) is 24.3 Å². The van der Waals surface area contributed by atoms with Crippen LogP contribution in [0, 0.1) is 0 Å². The van der Waals surface area contributed by atoms with E-state index in [0.717, 1.165) is 56.8 Å². The molecule has 0 saturated carbocycles. The Kier molecular flexibility index (Phi) is 8.50. The summed E-state index contributed by atoms with van der Waals surface area (Å²) < 4.78 is 31.7.